The first-order valence-electron chi connectivity index (χ1n) is 8.66. The zero-order valence-corrected chi connectivity index (χ0v) is 14.3. The maximum Gasteiger partial charge on any atom is 0.343 e. The van der Waals surface area contributed by atoms with Gasteiger partial charge in [0.25, 0.3) is 0 Å². The molecule has 126 valence electrons. The molecule has 2 atom stereocenters. The van der Waals surface area contributed by atoms with Crippen molar-refractivity contribution in [3.63, 3.8) is 0 Å². The summed E-state index contributed by atoms with van der Waals surface area (Å²) in [7, 11) is 0. The van der Waals surface area contributed by atoms with Crippen LogP contribution in [0.5, 0.6) is 5.75 Å². The van der Waals surface area contributed by atoms with Crippen LogP contribution in [0.2, 0.25) is 0 Å². The number of nitrogens with one attached hydrogen (secondary N) is 1. The summed E-state index contributed by atoms with van der Waals surface area (Å²) in [6, 6.07) is 12.2. The molecule has 1 N–H and O–H groups in total. The van der Waals surface area contributed by atoms with Crippen LogP contribution >= 0.6 is 0 Å². The average Bonchev–Trinajstić information content (AvgIpc) is 2.61. The highest BCUT2D eigenvalue weighted by Crippen LogP contribution is 2.47. The Kier molecular flexibility index (Phi) is 2.99. The topological polar surface area (TPSA) is 51.5 Å². The van der Waals surface area contributed by atoms with Crippen LogP contribution in [0.15, 0.2) is 45.6 Å². The molecule has 0 unspecified atom stereocenters. The average molecular weight is 333 g/mol. The van der Waals surface area contributed by atoms with Crippen LogP contribution in [-0.2, 0) is 0 Å². The van der Waals surface area contributed by atoms with Crippen molar-refractivity contribution in [3.05, 3.63) is 69.1 Å². The van der Waals surface area contributed by atoms with Crippen LogP contribution in [0.3, 0.4) is 0 Å². The molecule has 0 spiro atoms. The molecule has 0 saturated heterocycles. The highest BCUT2D eigenvalue weighted by Gasteiger charge is 2.39. The molecule has 3 heterocycles. The Morgan fingerprint density at radius 3 is 2.72 bits per heavy atom. The van der Waals surface area contributed by atoms with Crippen molar-refractivity contribution in [1.82, 2.24) is 0 Å². The number of anilines is 1. The van der Waals surface area contributed by atoms with E-state index in [-0.39, 0.29) is 17.5 Å². The smallest absolute Gasteiger partial charge is 0.343 e. The van der Waals surface area contributed by atoms with Gasteiger partial charge in [-0.05, 0) is 37.6 Å². The highest BCUT2D eigenvalue weighted by atomic mass is 16.5. The van der Waals surface area contributed by atoms with Crippen LogP contribution in [0.4, 0.5) is 5.69 Å². The molecule has 2 aromatic carbocycles. The lowest BCUT2D eigenvalue weighted by Gasteiger charge is -2.38. The summed E-state index contributed by atoms with van der Waals surface area (Å²) >= 11 is 0. The molecule has 0 saturated carbocycles. The SMILES string of the molecule is Cc1ccc2c(c1)[C@H]1COc3c(c(=O)oc4ccc(C)cc34)[C@@H]1CN2. The van der Waals surface area contributed by atoms with Gasteiger partial charge in [-0.25, -0.2) is 4.79 Å². The van der Waals surface area contributed by atoms with E-state index in [0.717, 1.165) is 23.2 Å². The fourth-order valence-corrected chi connectivity index (χ4v) is 4.19. The van der Waals surface area contributed by atoms with Gasteiger partial charge in [-0.15, -0.1) is 0 Å². The van der Waals surface area contributed by atoms with E-state index in [9.17, 15) is 4.79 Å². The lowest BCUT2D eigenvalue weighted by molar-refractivity contribution is 0.236. The molecule has 4 heteroatoms. The third-order valence-corrected chi connectivity index (χ3v) is 5.43. The van der Waals surface area contributed by atoms with Crippen LogP contribution in [0, 0.1) is 13.8 Å². The minimum absolute atomic E-state index is 0.0687. The maximum atomic E-state index is 12.7. The van der Waals surface area contributed by atoms with E-state index in [2.05, 4.69) is 30.4 Å². The predicted molar refractivity (Wildman–Crippen MR) is 97.9 cm³/mol. The van der Waals surface area contributed by atoms with Gasteiger partial charge in [0.1, 0.15) is 11.3 Å². The number of fused-ring (bicyclic) bond motifs is 7. The zero-order chi connectivity index (χ0) is 17.1. The Labute approximate surface area is 145 Å². The lowest BCUT2D eigenvalue weighted by Crippen LogP contribution is -2.36. The minimum Gasteiger partial charge on any atom is -0.492 e. The lowest BCUT2D eigenvalue weighted by atomic mass is 9.77. The van der Waals surface area contributed by atoms with Crippen molar-refractivity contribution in [3.8, 4) is 5.75 Å². The van der Waals surface area contributed by atoms with Gasteiger partial charge in [0.2, 0.25) is 0 Å². The summed E-state index contributed by atoms with van der Waals surface area (Å²) in [5.41, 5.74) is 5.69. The molecule has 0 radical (unpaired) electrons. The summed E-state index contributed by atoms with van der Waals surface area (Å²) in [5, 5.41) is 4.37. The summed E-state index contributed by atoms with van der Waals surface area (Å²) < 4.78 is 11.8. The third kappa shape index (κ3) is 2.10. The largest absolute Gasteiger partial charge is 0.492 e. The molecule has 5 rings (SSSR count). The molecule has 2 aliphatic rings. The summed E-state index contributed by atoms with van der Waals surface area (Å²) in [6.45, 7) is 5.43. The van der Waals surface area contributed by atoms with E-state index in [1.165, 1.54) is 11.1 Å². The van der Waals surface area contributed by atoms with Gasteiger partial charge < -0.3 is 14.5 Å². The minimum atomic E-state index is -0.279. The molecule has 0 bridgehead atoms. The Hall–Kier alpha value is -2.75. The molecule has 3 aromatic rings. The maximum absolute atomic E-state index is 12.7. The van der Waals surface area contributed by atoms with Crippen molar-refractivity contribution in [2.75, 3.05) is 18.5 Å². The molecule has 4 nitrogen and oxygen atoms in total. The number of hydrogen-bond donors (Lipinski definition) is 1. The van der Waals surface area contributed by atoms with Gasteiger partial charge in [-0.2, -0.15) is 0 Å². The molecule has 0 aliphatic carbocycles. The van der Waals surface area contributed by atoms with Crippen molar-refractivity contribution < 1.29 is 9.15 Å². The van der Waals surface area contributed by atoms with E-state index in [4.69, 9.17) is 9.15 Å². The van der Waals surface area contributed by atoms with Gasteiger partial charge in [-0.3, -0.25) is 0 Å². The van der Waals surface area contributed by atoms with Gasteiger partial charge in [0.05, 0.1) is 17.6 Å². The van der Waals surface area contributed by atoms with E-state index < -0.39 is 0 Å². The third-order valence-electron chi connectivity index (χ3n) is 5.43. The summed E-state index contributed by atoms with van der Waals surface area (Å²) in [6.07, 6.45) is 0. The molecule has 0 amide bonds. The summed E-state index contributed by atoms with van der Waals surface area (Å²) in [4.78, 5) is 12.7. The van der Waals surface area contributed by atoms with Gasteiger partial charge in [-0.1, -0.05) is 29.3 Å². The first kappa shape index (κ1) is 14.6. The second kappa shape index (κ2) is 5.12. The second-order valence-electron chi connectivity index (χ2n) is 7.13. The van der Waals surface area contributed by atoms with Crippen LogP contribution in [-0.4, -0.2) is 13.2 Å². The molecule has 1 aromatic heterocycles. The standard InChI is InChI=1S/C21H19NO3/c1-11-3-5-17-13(7-11)16-10-24-20-14-8-12(2)4-6-18(14)25-21(23)19(20)15(16)9-22-17/h3-8,15-16,22H,9-10H2,1-2H3/t15-,16-/m1/s1. The highest BCUT2D eigenvalue weighted by molar-refractivity contribution is 5.86. The second-order valence-corrected chi connectivity index (χ2v) is 7.13. The van der Waals surface area contributed by atoms with Crippen molar-refractivity contribution in [2.24, 2.45) is 0 Å². The number of ether oxygens (including phenoxy) is 1. The van der Waals surface area contributed by atoms with Crippen molar-refractivity contribution in [1.29, 1.82) is 0 Å². The number of benzene rings is 2. The van der Waals surface area contributed by atoms with Gasteiger partial charge in [0.15, 0.2) is 0 Å². The normalized spacial score (nSPS) is 20.9. The van der Waals surface area contributed by atoms with Crippen molar-refractivity contribution >= 4 is 16.7 Å². The first-order chi connectivity index (χ1) is 12.1. The molecular weight excluding hydrogens is 314 g/mol. The van der Waals surface area contributed by atoms with Crippen LogP contribution in [0.1, 0.15) is 34.1 Å². The fourth-order valence-electron chi connectivity index (χ4n) is 4.19. The zero-order valence-electron chi connectivity index (χ0n) is 14.3. The summed E-state index contributed by atoms with van der Waals surface area (Å²) in [5.74, 6) is 0.946. The van der Waals surface area contributed by atoms with Crippen molar-refractivity contribution in [2.45, 2.75) is 25.7 Å². The molecule has 2 aliphatic heterocycles. The number of hydrogen-bond acceptors (Lipinski definition) is 4. The van der Waals surface area contributed by atoms with E-state index in [1.54, 1.807) is 0 Å². The van der Waals surface area contributed by atoms with Crippen LogP contribution < -0.4 is 15.7 Å². The van der Waals surface area contributed by atoms with Crippen LogP contribution in [0.25, 0.3) is 11.0 Å². The number of aryl methyl sites for hydroxylation is 2. The van der Waals surface area contributed by atoms with Gasteiger partial charge in [0, 0.05) is 24.1 Å². The molecular formula is C21H19NO3. The monoisotopic (exact) mass is 333 g/mol. The Balaban J connectivity index is 1.73. The Bertz CT molecular complexity index is 1070. The Morgan fingerprint density at radius 1 is 1.04 bits per heavy atom. The first-order valence-corrected chi connectivity index (χ1v) is 8.66. The van der Waals surface area contributed by atoms with E-state index in [0.29, 0.717) is 23.5 Å². The van der Waals surface area contributed by atoms with E-state index >= 15 is 0 Å². The molecule has 0 fully saturated rings. The Morgan fingerprint density at radius 2 is 1.84 bits per heavy atom. The van der Waals surface area contributed by atoms with E-state index in [1.807, 2.05) is 25.1 Å². The fraction of sp³-hybridized carbons (Fsp3) is 0.286. The quantitative estimate of drug-likeness (QED) is 0.630. The predicted octanol–water partition coefficient (Wildman–Crippen LogP) is 4.10. The van der Waals surface area contributed by atoms with Gasteiger partial charge >= 0.3 is 5.63 Å². The number of rotatable bonds is 0. The molecule has 25 heavy (non-hydrogen) atoms.